The molecule has 1 fully saturated rings. The van der Waals surface area contributed by atoms with Crippen LogP contribution in [0.4, 0.5) is 10.1 Å². The number of nitrogens with zero attached hydrogens (tertiary/aromatic N) is 3. The van der Waals surface area contributed by atoms with Gasteiger partial charge in [0.2, 0.25) is 5.91 Å². The molecule has 0 atom stereocenters. The summed E-state index contributed by atoms with van der Waals surface area (Å²) in [7, 11) is 0. The third kappa shape index (κ3) is 4.75. The maximum absolute atomic E-state index is 13.2. The van der Waals surface area contributed by atoms with E-state index in [9.17, 15) is 14.0 Å². The zero-order chi connectivity index (χ0) is 20.9. The van der Waals surface area contributed by atoms with Crippen molar-refractivity contribution in [3.05, 3.63) is 84.4 Å². The van der Waals surface area contributed by atoms with Crippen LogP contribution in [0.1, 0.15) is 10.4 Å². The summed E-state index contributed by atoms with van der Waals surface area (Å²) in [5.74, 6) is -0.589. The molecule has 30 heavy (non-hydrogen) atoms. The quantitative estimate of drug-likeness (QED) is 0.709. The van der Waals surface area contributed by atoms with Gasteiger partial charge in [0.25, 0.3) is 5.91 Å². The van der Waals surface area contributed by atoms with Crippen LogP contribution in [0.25, 0.3) is 5.69 Å². The Labute approximate surface area is 174 Å². The molecule has 3 aromatic rings. The number of halogens is 1. The third-order valence-corrected chi connectivity index (χ3v) is 5.13. The average Bonchev–Trinajstić information content (AvgIpc) is 3.29. The number of hydrogen-bond acceptors (Lipinski definition) is 3. The fourth-order valence-corrected chi connectivity index (χ4v) is 3.57. The highest BCUT2D eigenvalue weighted by molar-refractivity contribution is 5.95. The zero-order valence-electron chi connectivity index (χ0n) is 16.5. The average molecular weight is 406 g/mol. The number of amides is 2. The second-order valence-corrected chi connectivity index (χ2v) is 7.27. The summed E-state index contributed by atoms with van der Waals surface area (Å²) < 4.78 is 15.2. The van der Waals surface area contributed by atoms with Gasteiger partial charge in [0.05, 0.1) is 6.54 Å². The van der Waals surface area contributed by atoms with Gasteiger partial charge in [0.1, 0.15) is 5.82 Å². The largest absolute Gasteiger partial charge is 0.336 e. The van der Waals surface area contributed by atoms with Crippen molar-refractivity contribution in [2.24, 2.45) is 0 Å². The molecule has 0 bridgehead atoms. The second-order valence-electron chi connectivity index (χ2n) is 7.27. The van der Waals surface area contributed by atoms with Crippen molar-refractivity contribution >= 4 is 17.5 Å². The van der Waals surface area contributed by atoms with Crippen LogP contribution in [0, 0.1) is 5.82 Å². The molecular formula is C23H23FN4O2. The summed E-state index contributed by atoms with van der Waals surface area (Å²) in [6, 6.07) is 17.3. The molecular weight excluding hydrogens is 383 g/mol. The number of carbonyl (C=O) groups excluding carboxylic acids is 2. The van der Waals surface area contributed by atoms with E-state index in [-0.39, 0.29) is 24.2 Å². The molecule has 0 unspecified atom stereocenters. The Morgan fingerprint density at radius 2 is 1.63 bits per heavy atom. The first-order chi connectivity index (χ1) is 14.6. The van der Waals surface area contributed by atoms with Crippen LogP contribution in [0.15, 0.2) is 73.1 Å². The monoisotopic (exact) mass is 406 g/mol. The van der Waals surface area contributed by atoms with Gasteiger partial charge in [-0.15, -0.1) is 0 Å². The SMILES string of the molecule is O=C(CN1CCN(C(=O)c2cccc(-n3cccc3)c2)CC1)Nc1cccc(F)c1. The molecule has 1 aliphatic rings. The second kappa shape index (κ2) is 8.92. The van der Waals surface area contributed by atoms with Gasteiger partial charge < -0.3 is 14.8 Å². The Balaban J connectivity index is 1.30. The number of anilines is 1. The number of nitrogens with one attached hydrogen (secondary N) is 1. The predicted octanol–water partition coefficient (Wildman–Crippen LogP) is 3.01. The van der Waals surface area contributed by atoms with E-state index >= 15 is 0 Å². The molecule has 0 radical (unpaired) electrons. The number of hydrogen-bond donors (Lipinski definition) is 1. The van der Waals surface area contributed by atoms with Gasteiger partial charge in [-0.3, -0.25) is 14.5 Å². The summed E-state index contributed by atoms with van der Waals surface area (Å²) in [5, 5.41) is 2.71. The molecule has 4 rings (SSSR count). The van der Waals surface area contributed by atoms with Gasteiger partial charge in [-0.05, 0) is 48.5 Å². The van der Waals surface area contributed by atoms with E-state index in [1.165, 1.54) is 12.1 Å². The Kier molecular flexibility index (Phi) is 5.90. The molecule has 2 heterocycles. The van der Waals surface area contributed by atoms with Gasteiger partial charge in [0.15, 0.2) is 0 Å². The minimum atomic E-state index is -0.388. The lowest BCUT2D eigenvalue weighted by atomic mass is 10.1. The number of piperazine rings is 1. The van der Waals surface area contributed by atoms with Gasteiger partial charge in [-0.2, -0.15) is 0 Å². The molecule has 6 nitrogen and oxygen atoms in total. The van der Waals surface area contributed by atoms with Crippen LogP contribution in [-0.4, -0.2) is 58.9 Å². The third-order valence-electron chi connectivity index (χ3n) is 5.13. The standard InChI is InChI=1S/C23H23FN4O2/c24-19-6-4-7-20(16-19)25-22(29)17-26-11-13-28(14-12-26)23(30)18-5-3-8-21(15-18)27-9-1-2-10-27/h1-10,15-16H,11-14,17H2,(H,25,29). The van der Waals surface area contributed by atoms with Crippen molar-refractivity contribution < 1.29 is 14.0 Å². The van der Waals surface area contributed by atoms with E-state index in [4.69, 9.17) is 0 Å². The minimum Gasteiger partial charge on any atom is -0.336 e. The topological polar surface area (TPSA) is 57.6 Å². The van der Waals surface area contributed by atoms with Gasteiger partial charge in [0, 0.05) is 55.5 Å². The highest BCUT2D eigenvalue weighted by Gasteiger charge is 2.23. The molecule has 0 saturated carbocycles. The molecule has 2 aromatic carbocycles. The lowest BCUT2D eigenvalue weighted by Crippen LogP contribution is -2.50. The van der Waals surface area contributed by atoms with E-state index in [1.807, 2.05) is 63.2 Å². The number of benzene rings is 2. The summed E-state index contributed by atoms with van der Waals surface area (Å²) in [5.41, 5.74) is 2.04. The maximum atomic E-state index is 13.2. The fourth-order valence-electron chi connectivity index (χ4n) is 3.57. The summed E-state index contributed by atoms with van der Waals surface area (Å²) >= 11 is 0. The Hall–Kier alpha value is -3.45. The fraction of sp³-hybridized carbons (Fsp3) is 0.217. The highest BCUT2D eigenvalue weighted by atomic mass is 19.1. The first kappa shape index (κ1) is 19.8. The van der Waals surface area contributed by atoms with Crippen LogP contribution in [0.5, 0.6) is 0 Å². The molecule has 154 valence electrons. The van der Waals surface area contributed by atoms with Crippen molar-refractivity contribution in [3.63, 3.8) is 0 Å². The molecule has 1 aliphatic heterocycles. The first-order valence-corrected chi connectivity index (χ1v) is 9.89. The van der Waals surface area contributed by atoms with E-state index in [0.717, 1.165) is 5.69 Å². The van der Waals surface area contributed by atoms with Gasteiger partial charge in [-0.1, -0.05) is 12.1 Å². The Morgan fingerprint density at radius 3 is 2.37 bits per heavy atom. The first-order valence-electron chi connectivity index (χ1n) is 9.89. The zero-order valence-corrected chi connectivity index (χ0v) is 16.5. The van der Waals surface area contributed by atoms with Gasteiger partial charge >= 0.3 is 0 Å². The lowest BCUT2D eigenvalue weighted by Gasteiger charge is -2.34. The maximum Gasteiger partial charge on any atom is 0.254 e. The summed E-state index contributed by atoms with van der Waals surface area (Å²) in [4.78, 5) is 28.9. The number of carbonyl (C=O) groups is 2. The lowest BCUT2D eigenvalue weighted by molar-refractivity contribution is -0.117. The molecule has 0 aliphatic carbocycles. The van der Waals surface area contributed by atoms with Crippen LogP contribution < -0.4 is 5.32 Å². The van der Waals surface area contributed by atoms with Crippen LogP contribution in [0.2, 0.25) is 0 Å². The summed E-state index contributed by atoms with van der Waals surface area (Å²) in [6.07, 6.45) is 3.88. The molecule has 2 amide bonds. The predicted molar refractivity (Wildman–Crippen MR) is 113 cm³/mol. The van der Waals surface area contributed by atoms with Crippen LogP contribution >= 0.6 is 0 Å². The Morgan fingerprint density at radius 1 is 0.900 bits per heavy atom. The normalized spacial score (nSPS) is 14.5. The van der Waals surface area contributed by atoms with Crippen molar-refractivity contribution in [3.8, 4) is 5.69 Å². The smallest absolute Gasteiger partial charge is 0.254 e. The number of rotatable bonds is 5. The number of aromatic nitrogens is 1. The molecule has 1 N–H and O–H groups in total. The van der Waals surface area contributed by atoms with Crippen molar-refractivity contribution in [2.75, 3.05) is 38.0 Å². The summed E-state index contributed by atoms with van der Waals surface area (Å²) in [6.45, 7) is 2.54. The van der Waals surface area contributed by atoms with E-state index in [2.05, 4.69) is 5.32 Å². The van der Waals surface area contributed by atoms with Crippen molar-refractivity contribution in [1.82, 2.24) is 14.4 Å². The minimum absolute atomic E-state index is 0.00660. The highest BCUT2D eigenvalue weighted by Crippen LogP contribution is 2.15. The molecule has 7 heteroatoms. The van der Waals surface area contributed by atoms with Gasteiger partial charge in [-0.25, -0.2) is 4.39 Å². The van der Waals surface area contributed by atoms with E-state index in [0.29, 0.717) is 37.4 Å². The van der Waals surface area contributed by atoms with Crippen LogP contribution in [0.3, 0.4) is 0 Å². The van der Waals surface area contributed by atoms with Crippen LogP contribution in [-0.2, 0) is 4.79 Å². The van der Waals surface area contributed by atoms with E-state index < -0.39 is 0 Å². The molecule has 1 aromatic heterocycles. The Bertz CT molecular complexity index is 1030. The molecule has 0 spiro atoms. The molecule has 1 saturated heterocycles. The van der Waals surface area contributed by atoms with Crippen molar-refractivity contribution in [2.45, 2.75) is 0 Å². The van der Waals surface area contributed by atoms with E-state index in [1.54, 1.807) is 12.1 Å². The van der Waals surface area contributed by atoms with Crippen molar-refractivity contribution in [1.29, 1.82) is 0 Å².